The van der Waals surface area contributed by atoms with Gasteiger partial charge in [0.1, 0.15) is 12.1 Å². The van der Waals surface area contributed by atoms with E-state index in [0.717, 1.165) is 98.8 Å². The molecule has 2 fully saturated rings. The van der Waals surface area contributed by atoms with Gasteiger partial charge in [-0.3, -0.25) is 29.5 Å². The minimum Gasteiger partial charge on any atom is -0.391 e. The van der Waals surface area contributed by atoms with Crippen LogP contribution < -0.4 is 26.4 Å². The number of amides is 4. The second-order valence-corrected chi connectivity index (χ2v) is 17.7. The first-order chi connectivity index (χ1) is 27.7. The third-order valence-corrected chi connectivity index (χ3v) is 12.1. The molecule has 3 heterocycles. The van der Waals surface area contributed by atoms with Crippen molar-refractivity contribution in [3.05, 3.63) is 70.9 Å². The molecule has 13 nitrogen and oxygen atoms in total. The summed E-state index contributed by atoms with van der Waals surface area (Å²) in [6.07, 6.45) is 4.29. The number of rotatable bonds is 18. The van der Waals surface area contributed by atoms with E-state index in [1.807, 2.05) is 95.6 Å². The highest BCUT2D eigenvalue weighted by atomic mass is 32.1. The average molecular weight is 817 g/mol. The van der Waals surface area contributed by atoms with Gasteiger partial charge < -0.3 is 25.5 Å². The Labute approximate surface area is 348 Å². The van der Waals surface area contributed by atoms with Gasteiger partial charge in [0.05, 0.1) is 28.2 Å². The van der Waals surface area contributed by atoms with Crippen molar-refractivity contribution < 1.29 is 24.3 Å². The molecule has 0 spiro atoms. The summed E-state index contributed by atoms with van der Waals surface area (Å²) in [7, 11) is 0. The second-order valence-electron chi connectivity index (χ2n) is 16.8. The normalized spacial score (nSPS) is 18.5. The standard InChI is InChI=1S/C44H64N8O5S/c1-7-21-46-49-41(55)34-17-19-35(20-18-34)51-25-23-50(24-26-51)22-11-9-8-10-12-38(54)48-40(44(4,5)6)43(57)52-28-36(53)27-37(52)42(56)47-30(2)32-13-15-33(16-14-32)39-31(3)45-29-58-39/h13-20,29-30,36-37,40,46,53H,7-12,21-28H2,1-6H3,(H,47,56)(H,48,54)(H,49,55)/t30-,36+,37-,40+/m0/s1. The Hall–Kier alpha value is -4.37. The van der Waals surface area contributed by atoms with Crippen molar-refractivity contribution in [3.63, 3.8) is 0 Å². The minimum atomic E-state index is -0.843. The molecule has 2 saturated heterocycles. The highest BCUT2D eigenvalue weighted by Crippen LogP contribution is 2.30. The van der Waals surface area contributed by atoms with Crippen LogP contribution in [0.2, 0.25) is 0 Å². The van der Waals surface area contributed by atoms with Crippen LogP contribution in [-0.4, -0.2) is 108 Å². The summed E-state index contributed by atoms with van der Waals surface area (Å²) in [6.45, 7) is 17.2. The fourth-order valence-corrected chi connectivity index (χ4v) is 8.43. The summed E-state index contributed by atoms with van der Waals surface area (Å²) in [4.78, 5) is 64.9. The number of thiazole rings is 1. The molecule has 3 aromatic rings. The van der Waals surface area contributed by atoms with E-state index >= 15 is 0 Å². The number of carbonyl (C=O) groups excluding carboxylic acids is 4. The van der Waals surface area contributed by atoms with Gasteiger partial charge >= 0.3 is 0 Å². The summed E-state index contributed by atoms with van der Waals surface area (Å²) in [5.74, 6) is -0.988. The van der Waals surface area contributed by atoms with Gasteiger partial charge in [-0.1, -0.05) is 64.8 Å². The zero-order valence-corrected chi connectivity index (χ0v) is 36.0. The summed E-state index contributed by atoms with van der Waals surface area (Å²) in [5.41, 5.74) is 11.6. The Balaban J connectivity index is 1.02. The van der Waals surface area contributed by atoms with E-state index in [4.69, 9.17) is 0 Å². The van der Waals surface area contributed by atoms with Crippen molar-refractivity contribution in [2.24, 2.45) is 5.41 Å². The molecule has 2 aliphatic heterocycles. The number of hydrogen-bond acceptors (Lipinski definition) is 10. The predicted molar refractivity (Wildman–Crippen MR) is 230 cm³/mol. The highest BCUT2D eigenvalue weighted by molar-refractivity contribution is 7.13. The van der Waals surface area contributed by atoms with Crippen molar-refractivity contribution in [1.29, 1.82) is 0 Å². The average Bonchev–Trinajstić information content (AvgIpc) is 3.83. The van der Waals surface area contributed by atoms with E-state index in [9.17, 15) is 24.3 Å². The maximum absolute atomic E-state index is 14.1. The van der Waals surface area contributed by atoms with Gasteiger partial charge in [-0.25, -0.2) is 10.4 Å². The van der Waals surface area contributed by atoms with E-state index in [2.05, 4.69) is 36.3 Å². The number of nitrogens with zero attached hydrogens (tertiary/aromatic N) is 4. The summed E-state index contributed by atoms with van der Waals surface area (Å²) < 4.78 is 0. The number of likely N-dealkylation sites (tertiary alicyclic amines) is 1. The lowest BCUT2D eigenvalue weighted by Crippen LogP contribution is -2.57. The van der Waals surface area contributed by atoms with Crippen LogP contribution in [0.15, 0.2) is 54.0 Å². The first-order valence-corrected chi connectivity index (χ1v) is 21.8. The number of carbonyl (C=O) groups is 4. The number of benzene rings is 2. The first-order valence-electron chi connectivity index (χ1n) is 20.9. The van der Waals surface area contributed by atoms with Gasteiger partial charge in [-0.15, -0.1) is 11.3 Å². The quantitative estimate of drug-likeness (QED) is 0.0860. The molecule has 0 unspecified atom stereocenters. The number of aliphatic hydroxyl groups is 1. The Kier molecular flexibility index (Phi) is 16.2. The molecule has 0 aliphatic carbocycles. The lowest BCUT2D eigenvalue weighted by molar-refractivity contribution is -0.144. The monoisotopic (exact) mass is 816 g/mol. The highest BCUT2D eigenvalue weighted by Gasteiger charge is 2.44. The maximum atomic E-state index is 14.1. The molecular formula is C44H64N8O5S. The molecular weight excluding hydrogens is 753 g/mol. The summed E-state index contributed by atoms with van der Waals surface area (Å²) in [6, 6.07) is 13.8. The van der Waals surface area contributed by atoms with E-state index in [1.165, 1.54) is 4.90 Å². The fourth-order valence-electron chi connectivity index (χ4n) is 7.62. The van der Waals surface area contributed by atoms with E-state index in [-0.39, 0.29) is 42.6 Å². The molecule has 2 aromatic carbocycles. The SMILES string of the molecule is CCCNNC(=O)c1ccc(N2CCN(CCCCCCC(=O)N[C@H](C(=O)N3C[C@H](O)C[C@H]3C(=O)N[C@@H](C)c3ccc(-c4scnc4C)cc3)C(C)(C)C)CC2)cc1. The van der Waals surface area contributed by atoms with Crippen LogP contribution in [0.3, 0.4) is 0 Å². The molecule has 4 amide bonds. The molecule has 316 valence electrons. The Bertz CT molecular complexity index is 1800. The van der Waals surface area contributed by atoms with Crippen LogP contribution in [0.25, 0.3) is 10.4 Å². The number of β-amino-alcohol motifs (C(OH)–C–C–N with tert-alkyl or cyclic N) is 1. The largest absolute Gasteiger partial charge is 0.391 e. The predicted octanol–water partition coefficient (Wildman–Crippen LogP) is 5.21. The number of aromatic nitrogens is 1. The first kappa shape index (κ1) is 44.7. The van der Waals surface area contributed by atoms with Crippen LogP contribution in [0.5, 0.6) is 0 Å². The molecule has 5 N–H and O–H groups in total. The van der Waals surface area contributed by atoms with Crippen LogP contribution >= 0.6 is 11.3 Å². The number of unbranched alkanes of at least 4 members (excludes halogenated alkanes) is 3. The molecule has 2 aliphatic rings. The van der Waals surface area contributed by atoms with Crippen molar-refractivity contribution in [2.75, 3.05) is 50.7 Å². The molecule has 1 aromatic heterocycles. The molecule has 4 atom stereocenters. The Morgan fingerprint density at radius 3 is 2.26 bits per heavy atom. The molecule has 58 heavy (non-hydrogen) atoms. The molecule has 0 bridgehead atoms. The lowest BCUT2D eigenvalue weighted by Gasteiger charge is -2.36. The van der Waals surface area contributed by atoms with Crippen LogP contribution in [0, 0.1) is 12.3 Å². The fraction of sp³-hybridized carbons (Fsp3) is 0.568. The maximum Gasteiger partial charge on any atom is 0.265 e. The van der Waals surface area contributed by atoms with Gasteiger partial charge in [0.25, 0.3) is 5.91 Å². The van der Waals surface area contributed by atoms with Crippen LogP contribution in [0.1, 0.15) is 107 Å². The van der Waals surface area contributed by atoms with E-state index in [1.54, 1.807) is 11.3 Å². The lowest BCUT2D eigenvalue weighted by atomic mass is 9.85. The number of hydrazine groups is 1. The third-order valence-electron chi connectivity index (χ3n) is 11.1. The van der Waals surface area contributed by atoms with Gasteiger partial charge in [-0.05, 0) is 80.5 Å². The minimum absolute atomic E-state index is 0.0379. The number of nitrogens with one attached hydrogen (secondary N) is 4. The van der Waals surface area contributed by atoms with Crippen molar-refractivity contribution in [2.45, 2.75) is 111 Å². The summed E-state index contributed by atoms with van der Waals surface area (Å²) >= 11 is 1.59. The van der Waals surface area contributed by atoms with E-state index < -0.39 is 23.6 Å². The number of aryl methyl sites for hydroxylation is 1. The number of piperazine rings is 1. The second kappa shape index (κ2) is 21.1. The number of anilines is 1. The number of aliphatic hydroxyl groups excluding tert-OH is 1. The smallest absolute Gasteiger partial charge is 0.265 e. The summed E-state index contributed by atoms with van der Waals surface area (Å²) in [5, 5.41) is 16.7. The number of hydrogen-bond donors (Lipinski definition) is 5. The van der Waals surface area contributed by atoms with Crippen LogP contribution in [-0.2, 0) is 14.4 Å². The van der Waals surface area contributed by atoms with Gasteiger partial charge in [0.15, 0.2) is 0 Å². The van der Waals surface area contributed by atoms with Gasteiger partial charge in [0, 0.05) is 63.4 Å². The molecule has 0 saturated carbocycles. The van der Waals surface area contributed by atoms with Crippen molar-refractivity contribution in [1.82, 2.24) is 36.3 Å². The molecule has 0 radical (unpaired) electrons. The third kappa shape index (κ3) is 12.3. The molecule has 14 heteroatoms. The van der Waals surface area contributed by atoms with Crippen LogP contribution in [0.4, 0.5) is 5.69 Å². The molecule has 5 rings (SSSR count). The Morgan fingerprint density at radius 1 is 0.931 bits per heavy atom. The topological polar surface area (TPSA) is 159 Å². The van der Waals surface area contributed by atoms with Crippen molar-refractivity contribution in [3.8, 4) is 10.4 Å². The van der Waals surface area contributed by atoms with Gasteiger partial charge in [0.2, 0.25) is 17.7 Å². The Morgan fingerprint density at radius 2 is 1.62 bits per heavy atom. The van der Waals surface area contributed by atoms with E-state index in [0.29, 0.717) is 12.0 Å². The van der Waals surface area contributed by atoms with Crippen molar-refractivity contribution >= 4 is 40.7 Å². The zero-order valence-electron chi connectivity index (χ0n) is 35.2. The van der Waals surface area contributed by atoms with Gasteiger partial charge in [-0.2, -0.15) is 0 Å². The zero-order chi connectivity index (χ0) is 41.8.